The molecule has 0 bridgehead atoms. The van der Waals surface area contributed by atoms with E-state index in [1.54, 1.807) is 31.2 Å². The van der Waals surface area contributed by atoms with Crippen LogP contribution in [0, 0.1) is 13.8 Å². The maximum atomic E-state index is 12.8. The van der Waals surface area contributed by atoms with Gasteiger partial charge in [-0.25, -0.2) is 13.4 Å². The van der Waals surface area contributed by atoms with Crippen molar-refractivity contribution in [3.63, 3.8) is 0 Å². The lowest BCUT2D eigenvalue weighted by Gasteiger charge is -2.27. The number of sulfonamides is 1. The minimum atomic E-state index is -3.87. The maximum Gasteiger partial charge on any atom is 0.263 e. The summed E-state index contributed by atoms with van der Waals surface area (Å²) in [6.07, 6.45) is 3.55. The van der Waals surface area contributed by atoms with Gasteiger partial charge in [0, 0.05) is 41.2 Å². The molecule has 10 heteroatoms. The summed E-state index contributed by atoms with van der Waals surface area (Å²) in [4.78, 5) is 11.4. The number of nitrogens with one attached hydrogen (secondary N) is 2. The number of nitrogens with zero attached hydrogens (tertiary/aromatic N) is 3. The largest absolute Gasteiger partial charge is 0.341 e. The number of rotatable bonds is 6. The van der Waals surface area contributed by atoms with Gasteiger partial charge in [0.05, 0.1) is 5.02 Å². The highest BCUT2D eigenvalue weighted by atomic mass is 35.5. The van der Waals surface area contributed by atoms with Crippen LogP contribution in [0.15, 0.2) is 47.4 Å². The summed E-state index contributed by atoms with van der Waals surface area (Å²) in [7, 11) is -3.87. The summed E-state index contributed by atoms with van der Waals surface area (Å²) >= 11 is 12.1. The molecule has 0 spiro atoms. The zero-order valence-corrected chi connectivity index (χ0v) is 20.7. The van der Waals surface area contributed by atoms with E-state index in [4.69, 9.17) is 23.2 Å². The number of benzene rings is 2. The van der Waals surface area contributed by atoms with Crippen LogP contribution in [-0.4, -0.2) is 31.5 Å². The van der Waals surface area contributed by atoms with E-state index in [-0.39, 0.29) is 9.92 Å². The van der Waals surface area contributed by atoms with Crippen LogP contribution >= 0.6 is 23.2 Å². The van der Waals surface area contributed by atoms with Gasteiger partial charge in [-0.05, 0) is 75.1 Å². The Morgan fingerprint density at radius 3 is 2.24 bits per heavy atom. The van der Waals surface area contributed by atoms with E-state index < -0.39 is 10.0 Å². The van der Waals surface area contributed by atoms with Crippen molar-refractivity contribution in [3.8, 4) is 0 Å². The van der Waals surface area contributed by atoms with E-state index in [1.165, 1.54) is 18.6 Å². The molecule has 33 heavy (non-hydrogen) atoms. The second kappa shape index (κ2) is 9.75. The molecule has 0 saturated carbocycles. The SMILES string of the molecule is Cc1cc(Nc2ccc(NS(=O)(=O)c3cc(C)c(Cl)cc3Cl)cc2)nc(N2CCCCC2)n1. The topological polar surface area (TPSA) is 87.2 Å². The molecule has 4 rings (SSSR count). The van der Waals surface area contributed by atoms with Crippen molar-refractivity contribution in [1.29, 1.82) is 0 Å². The van der Waals surface area contributed by atoms with Crippen molar-refractivity contribution in [2.45, 2.75) is 38.0 Å². The predicted octanol–water partition coefficient (Wildman–Crippen LogP) is 5.93. The average Bonchev–Trinajstić information content (AvgIpc) is 2.77. The molecule has 2 N–H and O–H groups in total. The Labute approximate surface area is 204 Å². The Morgan fingerprint density at radius 2 is 1.55 bits per heavy atom. The monoisotopic (exact) mass is 505 g/mol. The van der Waals surface area contributed by atoms with Crippen LogP contribution in [0.4, 0.5) is 23.1 Å². The van der Waals surface area contributed by atoms with E-state index in [0.29, 0.717) is 22.1 Å². The Bertz CT molecular complexity index is 1260. The Hall–Kier alpha value is -2.55. The zero-order chi connectivity index (χ0) is 23.6. The molecule has 0 aliphatic carbocycles. The van der Waals surface area contributed by atoms with Crippen molar-refractivity contribution in [2.24, 2.45) is 0 Å². The lowest BCUT2D eigenvalue weighted by atomic mass is 10.1. The molecule has 1 saturated heterocycles. The molecule has 0 atom stereocenters. The van der Waals surface area contributed by atoms with E-state index in [2.05, 4.69) is 24.9 Å². The first-order valence-corrected chi connectivity index (χ1v) is 12.9. The molecule has 2 heterocycles. The van der Waals surface area contributed by atoms with E-state index >= 15 is 0 Å². The number of aromatic nitrogens is 2. The first-order valence-electron chi connectivity index (χ1n) is 10.7. The average molecular weight is 506 g/mol. The molecular weight excluding hydrogens is 481 g/mol. The summed E-state index contributed by atoms with van der Waals surface area (Å²) in [6.45, 7) is 5.61. The number of anilines is 4. The third-order valence-electron chi connectivity index (χ3n) is 5.39. The number of hydrogen-bond donors (Lipinski definition) is 2. The van der Waals surface area contributed by atoms with Gasteiger partial charge in [0.15, 0.2) is 0 Å². The van der Waals surface area contributed by atoms with Gasteiger partial charge in [-0.1, -0.05) is 23.2 Å². The summed E-state index contributed by atoms with van der Waals surface area (Å²) in [5.41, 5.74) is 2.70. The number of piperidine rings is 1. The molecule has 0 radical (unpaired) electrons. The molecule has 1 aromatic heterocycles. The van der Waals surface area contributed by atoms with Crippen LogP contribution in [0.3, 0.4) is 0 Å². The quantitative estimate of drug-likeness (QED) is 0.431. The second-order valence-corrected chi connectivity index (χ2v) is 10.5. The molecule has 174 valence electrons. The first kappa shape index (κ1) is 23.6. The molecule has 1 fully saturated rings. The standard InChI is InChI=1S/C23H25Cl2N5O2S/c1-15-12-21(20(25)14-19(15)24)33(31,32)29-18-8-6-17(7-9-18)27-22-13-16(2)26-23(28-22)30-10-4-3-5-11-30/h6-9,12-14,29H,3-5,10-11H2,1-2H3,(H,26,27,28). The number of hydrogen-bond acceptors (Lipinski definition) is 6. The van der Waals surface area contributed by atoms with Crippen LogP contribution in [0.5, 0.6) is 0 Å². The smallest absolute Gasteiger partial charge is 0.263 e. The van der Waals surface area contributed by atoms with Crippen LogP contribution in [0.25, 0.3) is 0 Å². The molecule has 0 amide bonds. The molecule has 3 aromatic rings. The van der Waals surface area contributed by atoms with Crippen LogP contribution < -0.4 is 14.9 Å². The van der Waals surface area contributed by atoms with Gasteiger partial charge >= 0.3 is 0 Å². The van der Waals surface area contributed by atoms with Gasteiger partial charge in [0.25, 0.3) is 10.0 Å². The highest BCUT2D eigenvalue weighted by Gasteiger charge is 2.20. The van der Waals surface area contributed by atoms with Crippen molar-refractivity contribution < 1.29 is 8.42 Å². The fourth-order valence-electron chi connectivity index (χ4n) is 3.67. The van der Waals surface area contributed by atoms with Crippen molar-refractivity contribution in [3.05, 3.63) is 63.8 Å². The third-order valence-corrected chi connectivity index (χ3v) is 7.65. The molecule has 7 nitrogen and oxygen atoms in total. The molecule has 2 aromatic carbocycles. The summed E-state index contributed by atoms with van der Waals surface area (Å²) in [6, 6.07) is 11.7. The van der Waals surface area contributed by atoms with Gasteiger partial charge < -0.3 is 10.2 Å². The highest BCUT2D eigenvalue weighted by Crippen LogP contribution is 2.30. The molecule has 1 aliphatic rings. The van der Waals surface area contributed by atoms with E-state index in [9.17, 15) is 8.42 Å². The summed E-state index contributed by atoms with van der Waals surface area (Å²) in [5, 5.41) is 3.76. The normalized spacial score (nSPS) is 14.2. The first-order chi connectivity index (χ1) is 15.7. The van der Waals surface area contributed by atoms with Gasteiger partial charge in [-0.15, -0.1) is 0 Å². The Kier molecular flexibility index (Phi) is 6.97. The van der Waals surface area contributed by atoms with E-state index in [1.807, 2.05) is 13.0 Å². The summed E-state index contributed by atoms with van der Waals surface area (Å²) < 4.78 is 28.2. The van der Waals surface area contributed by atoms with Crippen LogP contribution in [-0.2, 0) is 10.0 Å². The molecule has 0 unspecified atom stereocenters. The minimum absolute atomic E-state index is 0.0185. The fraction of sp³-hybridized carbons (Fsp3) is 0.304. The number of halogens is 2. The second-order valence-electron chi connectivity index (χ2n) is 8.08. The van der Waals surface area contributed by atoms with E-state index in [0.717, 1.165) is 43.3 Å². The molecular formula is C23H25Cl2N5O2S. The van der Waals surface area contributed by atoms with Crippen molar-refractivity contribution in [1.82, 2.24) is 9.97 Å². The zero-order valence-electron chi connectivity index (χ0n) is 18.4. The minimum Gasteiger partial charge on any atom is -0.341 e. The fourth-order valence-corrected chi connectivity index (χ4v) is 5.56. The Morgan fingerprint density at radius 1 is 0.879 bits per heavy atom. The third kappa shape index (κ3) is 5.69. The van der Waals surface area contributed by atoms with Gasteiger partial charge in [0.2, 0.25) is 5.95 Å². The maximum absolute atomic E-state index is 12.8. The van der Waals surface area contributed by atoms with Gasteiger partial charge in [-0.3, -0.25) is 4.72 Å². The van der Waals surface area contributed by atoms with Crippen molar-refractivity contribution in [2.75, 3.05) is 28.0 Å². The summed E-state index contributed by atoms with van der Waals surface area (Å²) in [5.74, 6) is 1.43. The Balaban J connectivity index is 1.49. The van der Waals surface area contributed by atoms with Gasteiger partial charge in [-0.2, -0.15) is 4.98 Å². The van der Waals surface area contributed by atoms with Crippen molar-refractivity contribution >= 4 is 56.4 Å². The highest BCUT2D eigenvalue weighted by molar-refractivity contribution is 7.92. The number of aryl methyl sites for hydroxylation is 2. The lowest BCUT2D eigenvalue weighted by Crippen LogP contribution is -2.31. The van der Waals surface area contributed by atoms with Crippen LogP contribution in [0.1, 0.15) is 30.5 Å². The van der Waals surface area contributed by atoms with Gasteiger partial charge in [0.1, 0.15) is 10.7 Å². The molecule has 1 aliphatic heterocycles. The van der Waals surface area contributed by atoms with Crippen LogP contribution in [0.2, 0.25) is 10.0 Å². The predicted molar refractivity (Wildman–Crippen MR) is 135 cm³/mol. The lowest BCUT2D eigenvalue weighted by molar-refractivity contribution is 0.568.